The van der Waals surface area contributed by atoms with Gasteiger partial charge in [0.05, 0.1) is 0 Å². The molecule has 3 aromatic rings. The van der Waals surface area contributed by atoms with Crippen molar-refractivity contribution in [2.75, 3.05) is 11.9 Å². The van der Waals surface area contributed by atoms with E-state index < -0.39 is 0 Å². The Morgan fingerprint density at radius 2 is 1.59 bits per heavy atom. The molecule has 0 saturated carbocycles. The van der Waals surface area contributed by atoms with Gasteiger partial charge in [-0.25, -0.2) is 0 Å². The number of benzene rings is 3. The Morgan fingerprint density at radius 1 is 0.864 bits per heavy atom. The molecule has 2 nitrogen and oxygen atoms in total. The smallest absolute Gasteiger partial charge is 0.0392 e. The Hall–Kier alpha value is -2.32. The van der Waals surface area contributed by atoms with Crippen LogP contribution in [0.25, 0.3) is 10.8 Å². The van der Waals surface area contributed by atoms with Gasteiger partial charge in [-0.15, -0.1) is 0 Å². The number of hydrogen-bond donors (Lipinski definition) is 2. The average molecular weight is 288 g/mol. The highest BCUT2D eigenvalue weighted by Crippen LogP contribution is 2.25. The monoisotopic (exact) mass is 288 g/mol. The summed E-state index contributed by atoms with van der Waals surface area (Å²) in [6.07, 6.45) is 1.06. The zero-order valence-corrected chi connectivity index (χ0v) is 12.5. The molecular weight excluding hydrogens is 268 g/mol. The molecule has 1 unspecified atom stereocenters. The fraction of sp³-hybridized carbons (Fsp3) is 0.200. The molecule has 0 amide bonds. The highest BCUT2D eigenvalue weighted by molar-refractivity contribution is 5.87. The second-order valence-electron chi connectivity index (χ2n) is 6.00. The van der Waals surface area contributed by atoms with Crippen molar-refractivity contribution in [3.05, 3.63) is 77.9 Å². The number of rotatable bonds is 2. The third-order valence-electron chi connectivity index (χ3n) is 4.42. The van der Waals surface area contributed by atoms with E-state index in [1.165, 1.54) is 27.6 Å². The van der Waals surface area contributed by atoms with Crippen molar-refractivity contribution in [1.82, 2.24) is 5.32 Å². The lowest BCUT2D eigenvalue weighted by molar-refractivity contribution is 0.537. The zero-order chi connectivity index (χ0) is 14.8. The lowest BCUT2D eigenvalue weighted by Crippen LogP contribution is -2.34. The molecule has 4 rings (SSSR count). The molecular formula is C20H20N2. The third-order valence-corrected chi connectivity index (χ3v) is 4.42. The normalized spacial score (nSPS) is 17.5. The summed E-state index contributed by atoms with van der Waals surface area (Å²) >= 11 is 0. The zero-order valence-electron chi connectivity index (χ0n) is 12.5. The maximum absolute atomic E-state index is 3.69. The van der Waals surface area contributed by atoms with Crippen molar-refractivity contribution >= 4 is 16.5 Å². The topological polar surface area (TPSA) is 24.1 Å². The van der Waals surface area contributed by atoms with Crippen molar-refractivity contribution in [1.29, 1.82) is 0 Å². The van der Waals surface area contributed by atoms with Gasteiger partial charge in [-0.2, -0.15) is 0 Å². The van der Waals surface area contributed by atoms with E-state index in [9.17, 15) is 0 Å². The van der Waals surface area contributed by atoms with E-state index in [4.69, 9.17) is 0 Å². The van der Waals surface area contributed by atoms with Crippen LogP contribution in [0.15, 0.2) is 66.7 Å². The van der Waals surface area contributed by atoms with E-state index in [1.807, 2.05) is 0 Å². The van der Waals surface area contributed by atoms with Crippen molar-refractivity contribution in [2.45, 2.75) is 19.0 Å². The van der Waals surface area contributed by atoms with Crippen LogP contribution in [-0.2, 0) is 13.0 Å². The SMILES string of the molecule is c1ccc(CC2CNc3cc4ccccc4cc3CN2)cc1. The summed E-state index contributed by atoms with van der Waals surface area (Å²) < 4.78 is 0. The molecule has 0 fully saturated rings. The summed E-state index contributed by atoms with van der Waals surface area (Å²) in [7, 11) is 0. The first-order valence-corrected chi connectivity index (χ1v) is 7.91. The van der Waals surface area contributed by atoms with E-state index in [0.717, 1.165) is 19.5 Å². The van der Waals surface area contributed by atoms with Crippen LogP contribution in [-0.4, -0.2) is 12.6 Å². The first-order valence-electron chi connectivity index (χ1n) is 7.91. The Labute approximate surface area is 131 Å². The van der Waals surface area contributed by atoms with Crippen molar-refractivity contribution in [3.63, 3.8) is 0 Å². The molecule has 2 heteroatoms. The minimum absolute atomic E-state index is 0.456. The molecule has 1 heterocycles. The maximum Gasteiger partial charge on any atom is 0.0392 e. The maximum atomic E-state index is 3.69. The lowest BCUT2D eigenvalue weighted by Gasteiger charge is -2.16. The predicted molar refractivity (Wildman–Crippen MR) is 93.2 cm³/mol. The predicted octanol–water partition coefficient (Wildman–Crippen LogP) is 3.97. The van der Waals surface area contributed by atoms with Gasteiger partial charge in [-0.1, -0.05) is 54.6 Å². The average Bonchev–Trinajstić information content (AvgIpc) is 2.76. The van der Waals surface area contributed by atoms with Gasteiger partial charge in [0.25, 0.3) is 0 Å². The van der Waals surface area contributed by atoms with Crippen molar-refractivity contribution in [3.8, 4) is 0 Å². The van der Waals surface area contributed by atoms with Crippen LogP contribution in [0.4, 0.5) is 5.69 Å². The van der Waals surface area contributed by atoms with Gasteiger partial charge >= 0.3 is 0 Å². The van der Waals surface area contributed by atoms with Gasteiger partial charge in [0, 0.05) is 24.8 Å². The van der Waals surface area contributed by atoms with Gasteiger partial charge in [0.1, 0.15) is 0 Å². The highest BCUT2D eigenvalue weighted by Gasteiger charge is 2.15. The van der Waals surface area contributed by atoms with Crippen LogP contribution in [0.3, 0.4) is 0 Å². The molecule has 0 saturated heterocycles. The van der Waals surface area contributed by atoms with Crippen LogP contribution in [0.1, 0.15) is 11.1 Å². The lowest BCUT2D eigenvalue weighted by atomic mass is 10.0. The fourth-order valence-corrected chi connectivity index (χ4v) is 3.20. The van der Waals surface area contributed by atoms with E-state index in [1.54, 1.807) is 0 Å². The first kappa shape index (κ1) is 13.4. The Balaban J connectivity index is 1.56. The molecule has 0 radical (unpaired) electrons. The molecule has 1 aliphatic heterocycles. The number of fused-ring (bicyclic) bond motifs is 2. The first-order chi connectivity index (χ1) is 10.9. The molecule has 0 aromatic heterocycles. The minimum Gasteiger partial charge on any atom is -0.383 e. The third kappa shape index (κ3) is 2.70. The van der Waals surface area contributed by atoms with E-state index in [2.05, 4.69) is 77.4 Å². The number of anilines is 1. The van der Waals surface area contributed by atoms with E-state index >= 15 is 0 Å². The molecule has 2 N–H and O–H groups in total. The molecule has 0 aliphatic carbocycles. The quantitative estimate of drug-likeness (QED) is 0.745. The van der Waals surface area contributed by atoms with Crippen molar-refractivity contribution < 1.29 is 0 Å². The second kappa shape index (κ2) is 5.82. The molecule has 1 atom stereocenters. The molecule has 110 valence electrons. The molecule has 0 bridgehead atoms. The van der Waals surface area contributed by atoms with Crippen LogP contribution in [0.5, 0.6) is 0 Å². The standard InChI is InChI=1S/C20H20N2/c1-2-6-15(7-3-1)10-19-14-22-20-12-17-9-5-4-8-16(17)11-18(20)13-21-19/h1-9,11-12,19,21-22H,10,13-14H2. The van der Waals surface area contributed by atoms with Gasteiger partial charge in [-0.3, -0.25) is 0 Å². The van der Waals surface area contributed by atoms with Crippen LogP contribution >= 0.6 is 0 Å². The van der Waals surface area contributed by atoms with E-state index in [-0.39, 0.29) is 0 Å². The summed E-state index contributed by atoms with van der Waals surface area (Å²) in [5.74, 6) is 0. The van der Waals surface area contributed by atoms with Crippen LogP contribution in [0, 0.1) is 0 Å². The summed E-state index contributed by atoms with van der Waals surface area (Å²) in [6, 6.07) is 24.3. The summed E-state index contributed by atoms with van der Waals surface area (Å²) in [4.78, 5) is 0. The Kier molecular flexibility index (Phi) is 3.53. The minimum atomic E-state index is 0.456. The van der Waals surface area contributed by atoms with Gasteiger partial charge < -0.3 is 10.6 Å². The Morgan fingerprint density at radius 3 is 2.41 bits per heavy atom. The van der Waals surface area contributed by atoms with Gasteiger partial charge in [0.2, 0.25) is 0 Å². The number of nitrogens with one attached hydrogen (secondary N) is 2. The Bertz CT molecular complexity index is 734. The molecule has 3 aromatic carbocycles. The van der Waals surface area contributed by atoms with Crippen LogP contribution in [0.2, 0.25) is 0 Å². The highest BCUT2D eigenvalue weighted by atomic mass is 15.0. The summed E-state index contributed by atoms with van der Waals surface area (Å²) in [5, 5.41) is 9.93. The molecule has 22 heavy (non-hydrogen) atoms. The second-order valence-corrected chi connectivity index (χ2v) is 6.00. The van der Waals surface area contributed by atoms with Crippen molar-refractivity contribution in [2.24, 2.45) is 0 Å². The molecule has 0 spiro atoms. The van der Waals surface area contributed by atoms with Gasteiger partial charge in [0.15, 0.2) is 0 Å². The summed E-state index contributed by atoms with van der Waals surface area (Å²) in [5.41, 5.74) is 4.01. The molecule has 1 aliphatic rings. The van der Waals surface area contributed by atoms with Gasteiger partial charge in [-0.05, 0) is 40.5 Å². The van der Waals surface area contributed by atoms with Crippen LogP contribution < -0.4 is 10.6 Å². The largest absolute Gasteiger partial charge is 0.383 e. The fourth-order valence-electron chi connectivity index (χ4n) is 3.20. The van der Waals surface area contributed by atoms with E-state index in [0.29, 0.717) is 6.04 Å². The summed E-state index contributed by atoms with van der Waals surface area (Å²) in [6.45, 7) is 1.88. The number of hydrogen-bond acceptors (Lipinski definition) is 2.